The van der Waals surface area contributed by atoms with Crippen molar-refractivity contribution in [3.63, 3.8) is 0 Å². The zero-order chi connectivity index (χ0) is 16.5. The number of rotatable bonds is 5. The molecule has 5 heteroatoms. The van der Waals surface area contributed by atoms with E-state index in [2.05, 4.69) is 35.4 Å². The predicted molar refractivity (Wildman–Crippen MR) is 95.8 cm³/mol. The maximum Gasteiger partial charge on any atom is 0.137 e. The monoisotopic (exact) mass is 341 g/mol. The standard InChI is InChI=1S/C19H20ClN3O/c1-13-8-15-9-14(2-4-18(15)24-13)6-7-21-10-17-12-23-11-16(20)3-5-19(23)22-17/h2-5,9,11-13,21H,6-8,10H2,1H3. The first-order chi connectivity index (χ1) is 11.7. The molecule has 1 aromatic carbocycles. The van der Waals surface area contributed by atoms with Gasteiger partial charge in [-0.15, -0.1) is 0 Å². The number of nitrogens with zero attached hydrogens (tertiary/aromatic N) is 2. The van der Waals surface area contributed by atoms with Gasteiger partial charge in [-0.2, -0.15) is 0 Å². The molecule has 0 radical (unpaired) electrons. The fraction of sp³-hybridized carbons (Fsp3) is 0.316. The highest BCUT2D eigenvalue weighted by atomic mass is 35.5. The molecule has 1 aliphatic rings. The minimum Gasteiger partial charge on any atom is -0.490 e. The maximum absolute atomic E-state index is 6.00. The van der Waals surface area contributed by atoms with Gasteiger partial charge in [-0.25, -0.2) is 4.98 Å². The number of pyridine rings is 1. The first kappa shape index (κ1) is 15.5. The number of halogens is 1. The van der Waals surface area contributed by atoms with E-state index in [-0.39, 0.29) is 0 Å². The van der Waals surface area contributed by atoms with E-state index in [0.29, 0.717) is 11.1 Å². The Balaban J connectivity index is 1.32. The van der Waals surface area contributed by atoms with Crippen LogP contribution in [0, 0.1) is 0 Å². The summed E-state index contributed by atoms with van der Waals surface area (Å²) in [6.45, 7) is 3.79. The number of hydrogen-bond acceptors (Lipinski definition) is 3. The summed E-state index contributed by atoms with van der Waals surface area (Å²) in [7, 11) is 0. The largest absolute Gasteiger partial charge is 0.490 e. The smallest absolute Gasteiger partial charge is 0.137 e. The van der Waals surface area contributed by atoms with E-state index in [9.17, 15) is 0 Å². The lowest BCUT2D eigenvalue weighted by molar-refractivity contribution is 0.254. The average molecular weight is 342 g/mol. The Bertz CT molecular complexity index is 874. The molecule has 0 bridgehead atoms. The van der Waals surface area contributed by atoms with Crippen molar-refractivity contribution in [2.45, 2.75) is 32.4 Å². The lowest BCUT2D eigenvalue weighted by Crippen LogP contribution is -2.16. The molecule has 4 rings (SSSR count). The lowest BCUT2D eigenvalue weighted by atomic mass is 10.0. The van der Waals surface area contributed by atoms with Gasteiger partial charge in [0, 0.05) is 25.4 Å². The highest BCUT2D eigenvalue weighted by Crippen LogP contribution is 2.29. The van der Waals surface area contributed by atoms with Crippen molar-refractivity contribution in [2.75, 3.05) is 6.54 Å². The van der Waals surface area contributed by atoms with Crippen LogP contribution in [0.2, 0.25) is 5.02 Å². The van der Waals surface area contributed by atoms with E-state index in [0.717, 1.165) is 43.0 Å². The van der Waals surface area contributed by atoms with E-state index >= 15 is 0 Å². The van der Waals surface area contributed by atoms with E-state index in [1.807, 2.05) is 28.9 Å². The van der Waals surface area contributed by atoms with E-state index in [1.165, 1.54) is 11.1 Å². The van der Waals surface area contributed by atoms with Crippen LogP contribution in [0.4, 0.5) is 0 Å². The fourth-order valence-electron chi connectivity index (χ4n) is 3.18. The third kappa shape index (κ3) is 3.25. The molecule has 1 N–H and O–H groups in total. The van der Waals surface area contributed by atoms with Crippen LogP contribution in [0.25, 0.3) is 5.65 Å². The summed E-state index contributed by atoms with van der Waals surface area (Å²) in [5, 5.41) is 4.18. The zero-order valence-electron chi connectivity index (χ0n) is 13.6. The summed E-state index contributed by atoms with van der Waals surface area (Å²) in [5.41, 5.74) is 4.62. The van der Waals surface area contributed by atoms with Gasteiger partial charge in [0.25, 0.3) is 0 Å². The number of fused-ring (bicyclic) bond motifs is 2. The summed E-state index contributed by atoms with van der Waals surface area (Å²) in [4.78, 5) is 4.58. The summed E-state index contributed by atoms with van der Waals surface area (Å²) < 4.78 is 7.71. The van der Waals surface area contributed by atoms with E-state index in [4.69, 9.17) is 16.3 Å². The van der Waals surface area contributed by atoms with Crippen molar-refractivity contribution < 1.29 is 4.74 Å². The topological polar surface area (TPSA) is 38.6 Å². The van der Waals surface area contributed by atoms with Crippen LogP contribution < -0.4 is 10.1 Å². The van der Waals surface area contributed by atoms with Crippen molar-refractivity contribution in [3.05, 3.63) is 64.6 Å². The van der Waals surface area contributed by atoms with Crippen LogP contribution in [-0.4, -0.2) is 22.0 Å². The van der Waals surface area contributed by atoms with Crippen LogP contribution >= 0.6 is 11.6 Å². The van der Waals surface area contributed by atoms with Crippen molar-refractivity contribution in [3.8, 4) is 5.75 Å². The van der Waals surface area contributed by atoms with E-state index < -0.39 is 0 Å². The Morgan fingerprint density at radius 3 is 3.12 bits per heavy atom. The third-order valence-electron chi connectivity index (χ3n) is 4.32. The average Bonchev–Trinajstić information content (AvgIpc) is 3.12. The van der Waals surface area contributed by atoms with Gasteiger partial charge in [0.2, 0.25) is 0 Å². The molecule has 1 unspecified atom stereocenters. The van der Waals surface area contributed by atoms with Crippen LogP contribution in [0.1, 0.15) is 23.7 Å². The molecule has 0 saturated carbocycles. The van der Waals surface area contributed by atoms with Crippen molar-refractivity contribution in [1.29, 1.82) is 0 Å². The van der Waals surface area contributed by atoms with Gasteiger partial charge in [-0.05, 0) is 49.2 Å². The van der Waals surface area contributed by atoms with Gasteiger partial charge in [-0.1, -0.05) is 23.7 Å². The SMILES string of the molecule is CC1Cc2cc(CCNCc3cn4cc(Cl)ccc4n3)ccc2O1. The molecule has 1 atom stereocenters. The van der Waals surface area contributed by atoms with Crippen LogP contribution in [-0.2, 0) is 19.4 Å². The van der Waals surface area contributed by atoms with Gasteiger partial charge in [0.15, 0.2) is 0 Å². The van der Waals surface area contributed by atoms with Crippen molar-refractivity contribution in [1.82, 2.24) is 14.7 Å². The van der Waals surface area contributed by atoms with Gasteiger partial charge >= 0.3 is 0 Å². The lowest BCUT2D eigenvalue weighted by Gasteiger charge is -2.05. The Hall–Kier alpha value is -2.04. The maximum atomic E-state index is 6.00. The summed E-state index contributed by atoms with van der Waals surface area (Å²) in [5.74, 6) is 1.04. The summed E-state index contributed by atoms with van der Waals surface area (Å²) in [6.07, 6.45) is 6.21. The van der Waals surface area contributed by atoms with Crippen LogP contribution in [0.15, 0.2) is 42.7 Å². The van der Waals surface area contributed by atoms with Gasteiger partial charge in [-0.3, -0.25) is 0 Å². The molecule has 2 aromatic heterocycles. The number of ether oxygens (including phenoxy) is 1. The number of aromatic nitrogens is 2. The Morgan fingerprint density at radius 2 is 2.21 bits per heavy atom. The highest BCUT2D eigenvalue weighted by Gasteiger charge is 2.18. The second-order valence-electron chi connectivity index (χ2n) is 6.35. The Morgan fingerprint density at radius 1 is 1.29 bits per heavy atom. The van der Waals surface area contributed by atoms with Crippen LogP contribution in [0.5, 0.6) is 5.75 Å². The predicted octanol–water partition coefficient (Wildman–Crippen LogP) is 3.64. The van der Waals surface area contributed by atoms with Crippen LogP contribution in [0.3, 0.4) is 0 Å². The molecule has 3 aromatic rings. The third-order valence-corrected chi connectivity index (χ3v) is 4.55. The summed E-state index contributed by atoms with van der Waals surface area (Å²) in [6, 6.07) is 10.3. The quantitative estimate of drug-likeness (QED) is 0.720. The van der Waals surface area contributed by atoms with Crippen molar-refractivity contribution in [2.24, 2.45) is 0 Å². The molecule has 124 valence electrons. The molecule has 0 amide bonds. The number of hydrogen-bond donors (Lipinski definition) is 1. The number of benzene rings is 1. The molecule has 24 heavy (non-hydrogen) atoms. The second-order valence-corrected chi connectivity index (χ2v) is 6.78. The number of imidazole rings is 1. The Labute approximate surface area is 146 Å². The summed E-state index contributed by atoms with van der Waals surface area (Å²) >= 11 is 6.00. The first-order valence-electron chi connectivity index (χ1n) is 8.30. The molecule has 1 aliphatic heterocycles. The molecule has 0 spiro atoms. The van der Waals surface area contributed by atoms with E-state index in [1.54, 1.807) is 0 Å². The van der Waals surface area contributed by atoms with Gasteiger partial charge < -0.3 is 14.5 Å². The minimum atomic E-state index is 0.303. The molecule has 0 aliphatic carbocycles. The van der Waals surface area contributed by atoms with Gasteiger partial charge in [0.05, 0.1) is 10.7 Å². The molecule has 3 heterocycles. The van der Waals surface area contributed by atoms with Gasteiger partial charge in [0.1, 0.15) is 17.5 Å². The second kappa shape index (κ2) is 6.46. The molecular formula is C19H20ClN3O. The highest BCUT2D eigenvalue weighted by molar-refractivity contribution is 6.30. The molecule has 4 nitrogen and oxygen atoms in total. The fourth-order valence-corrected chi connectivity index (χ4v) is 3.35. The normalized spacial score (nSPS) is 16.3. The minimum absolute atomic E-state index is 0.303. The number of nitrogens with one attached hydrogen (secondary N) is 1. The van der Waals surface area contributed by atoms with Crippen molar-refractivity contribution >= 4 is 17.2 Å². The first-order valence-corrected chi connectivity index (χ1v) is 8.67. The Kier molecular flexibility index (Phi) is 4.17. The molecule has 0 saturated heterocycles. The molecule has 0 fully saturated rings. The zero-order valence-corrected chi connectivity index (χ0v) is 14.4. The molecular weight excluding hydrogens is 322 g/mol.